The van der Waals surface area contributed by atoms with Crippen LogP contribution in [0.2, 0.25) is 0 Å². The molecule has 2 aromatic heterocycles. The molecule has 154 valence electrons. The number of hydrogen-bond acceptors (Lipinski definition) is 6. The number of nitrogens with zero attached hydrogens (tertiary/aromatic N) is 3. The van der Waals surface area contributed by atoms with Gasteiger partial charge in [-0.2, -0.15) is 0 Å². The number of nitrogens with one attached hydrogen (secondary N) is 1. The van der Waals surface area contributed by atoms with Gasteiger partial charge in [0.05, 0.1) is 25.9 Å². The summed E-state index contributed by atoms with van der Waals surface area (Å²) in [6.07, 6.45) is 1.82. The highest BCUT2D eigenvalue weighted by molar-refractivity contribution is 9.10. The zero-order valence-corrected chi connectivity index (χ0v) is 18.1. The zero-order valence-electron chi connectivity index (χ0n) is 16.6. The van der Waals surface area contributed by atoms with Gasteiger partial charge in [0.2, 0.25) is 11.6 Å². The molecule has 8 nitrogen and oxygen atoms in total. The minimum absolute atomic E-state index is 0.201. The number of aromatic nitrogens is 3. The van der Waals surface area contributed by atoms with Gasteiger partial charge in [-0.15, -0.1) is 10.2 Å². The smallest absolute Gasteiger partial charge is 0.240 e. The number of carbonyl (C=O) groups excluding carboxylic acids is 1. The van der Waals surface area contributed by atoms with Gasteiger partial charge in [-0.05, 0) is 41.4 Å². The highest BCUT2D eigenvalue weighted by atomic mass is 79.9. The Bertz CT molecular complexity index is 985. The third-order valence-corrected chi connectivity index (χ3v) is 4.72. The molecule has 0 bridgehead atoms. The summed E-state index contributed by atoms with van der Waals surface area (Å²) < 4.78 is 13.8. The first-order chi connectivity index (χ1) is 13.8. The first-order valence-electron chi connectivity index (χ1n) is 9.09. The molecule has 0 saturated carbocycles. The van der Waals surface area contributed by atoms with Crippen molar-refractivity contribution in [3.05, 3.63) is 58.5 Å². The van der Waals surface area contributed by atoms with Crippen LogP contribution in [0.25, 0.3) is 5.65 Å². The molecule has 0 fully saturated rings. The summed E-state index contributed by atoms with van der Waals surface area (Å²) in [5, 5.41) is 11.4. The third-order valence-electron chi connectivity index (χ3n) is 4.28. The van der Waals surface area contributed by atoms with E-state index in [0.29, 0.717) is 23.8 Å². The van der Waals surface area contributed by atoms with Gasteiger partial charge in [0.25, 0.3) is 0 Å². The van der Waals surface area contributed by atoms with Gasteiger partial charge < -0.3 is 20.5 Å². The summed E-state index contributed by atoms with van der Waals surface area (Å²) in [7, 11) is 1.56. The highest BCUT2D eigenvalue weighted by Crippen LogP contribution is 2.26. The van der Waals surface area contributed by atoms with Crippen molar-refractivity contribution in [1.82, 2.24) is 19.9 Å². The number of amides is 1. The number of carbonyl (C=O) groups is 1. The standard InChI is InChI=1S/C20H24BrN5O3/c1-20(2,22)19(27)23-15(12-29-11-13-7-5-4-6-8-13)17-24-25-18-16(28-3)9-14(21)10-26(17)18/h4-10,15H,11-12,22H2,1-3H3,(H,23,27)/t15-/m1/s1. The molecular formula is C20H24BrN5O3. The van der Waals surface area contributed by atoms with Gasteiger partial charge in [0.15, 0.2) is 11.6 Å². The lowest BCUT2D eigenvalue weighted by atomic mass is 10.1. The van der Waals surface area contributed by atoms with Crippen LogP contribution in [0, 0.1) is 0 Å². The summed E-state index contributed by atoms with van der Waals surface area (Å²) in [6.45, 7) is 3.90. The molecule has 9 heteroatoms. The SMILES string of the molecule is COc1cc(Br)cn2c([C@@H](COCc3ccccc3)NC(=O)C(C)(C)N)nnc12. The first-order valence-corrected chi connectivity index (χ1v) is 9.88. The van der Waals surface area contributed by atoms with Gasteiger partial charge in [-0.3, -0.25) is 9.20 Å². The summed E-state index contributed by atoms with van der Waals surface area (Å²) in [5.41, 5.74) is 6.49. The van der Waals surface area contributed by atoms with Crippen molar-refractivity contribution in [3.63, 3.8) is 0 Å². The number of hydrogen-bond donors (Lipinski definition) is 2. The minimum atomic E-state index is -1.05. The second-order valence-corrected chi connectivity index (χ2v) is 8.14. The Hall–Kier alpha value is -2.49. The van der Waals surface area contributed by atoms with Crippen molar-refractivity contribution in [2.75, 3.05) is 13.7 Å². The van der Waals surface area contributed by atoms with E-state index < -0.39 is 11.6 Å². The lowest BCUT2D eigenvalue weighted by molar-refractivity contribution is -0.126. The molecule has 29 heavy (non-hydrogen) atoms. The molecule has 0 radical (unpaired) electrons. The van der Waals surface area contributed by atoms with E-state index in [4.69, 9.17) is 15.2 Å². The predicted molar refractivity (Wildman–Crippen MR) is 112 cm³/mol. The van der Waals surface area contributed by atoms with Crippen LogP contribution in [0.5, 0.6) is 5.75 Å². The van der Waals surface area contributed by atoms with E-state index in [1.54, 1.807) is 31.4 Å². The molecule has 3 rings (SSSR count). The minimum Gasteiger partial charge on any atom is -0.493 e. The average Bonchev–Trinajstić information content (AvgIpc) is 3.10. The van der Waals surface area contributed by atoms with Gasteiger partial charge in [0.1, 0.15) is 6.04 Å². The van der Waals surface area contributed by atoms with Crippen molar-refractivity contribution in [3.8, 4) is 5.75 Å². The molecule has 0 aliphatic carbocycles. The fourth-order valence-electron chi connectivity index (χ4n) is 2.73. The van der Waals surface area contributed by atoms with E-state index in [1.165, 1.54) is 0 Å². The fourth-order valence-corrected chi connectivity index (χ4v) is 3.14. The van der Waals surface area contributed by atoms with Crippen LogP contribution in [-0.2, 0) is 16.1 Å². The number of nitrogens with two attached hydrogens (primary N) is 1. The molecule has 1 amide bonds. The van der Waals surface area contributed by atoms with Crippen LogP contribution in [-0.4, -0.2) is 39.8 Å². The van der Waals surface area contributed by atoms with Gasteiger partial charge in [-0.25, -0.2) is 0 Å². The van der Waals surface area contributed by atoms with Crippen molar-refractivity contribution in [2.45, 2.75) is 32.0 Å². The van der Waals surface area contributed by atoms with Crippen molar-refractivity contribution in [2.24, 2.45) is 5.73 Å². The topological polar surface area (TPSA) is 104 Å². The predicted octanol–water partition coefficient (Wildman–Crippen LogP) is 2.61. The van der Waals surface area contributed by atoms with Crippen LogP contribution < -0.4 is 15.8 Å². The van der Waals surface area contributed by atoms with Gasteiger partial charge >= 0.3 is 0 Å². The molecule has 3 N–H and O–H groups in total. The largest absolute Gasteiger partial charge is 0.493 e. The molecule has 1 aromatic carbocycles. The van der Waals surface area contributed by atoms with E-state index in [-0.39, 0.29) is 12.5 Å². The van der Waals surface area contributed by atoms with Crippen LogP contribution >= 0.6 is 15.9 Å². The summed E-state index contributed by atoms with van der Waals surface area (Å²) in [4.78, 5) is 12.5. The van der Waals surface area contributed by atoms with Gasteiger partial charge in [-0.1, -0.05) is 30.3 Å². The molecule has 0 aliphatic heterocycles. The van der Waals surface area contributed by atoms with E-state index in [0.717, 1.165) is 10.0 Å². The fraction of sp³-hybridized carbons (Fsp3) is 0.350. The monoisotopic (exact) mass is 461 g/mol. The lowest BCUT2D eigenvalue weighted by Crippen LogP contribution is -2.50. The number of pyridine rings is 1. The highest BCUT2D eigenvalue weighted by Gasteiger charge is 2.28. The number of methoxy groups -OCH3 is 1. The van der Waals surface area contributed by atoms with Crippen LogP contribution in [0.4, 0.5) is 0 Å². The average molecular weight is 462 g/mol. The molecule has 0 unspecified atom stereocenters. The molecule has 1 atom stereocenters. The number of benzene rings is 1. The maximum absolute atomic E-state index is 12.5. The Morgan fingerprint density at radius 2 is 2.03 bits per heavy atom. The molecular weight excluding hydrogens is 438 g/mol. The maximum Gasteiger partial charge on any atom is 0.240 e. The number of halogens is 1. The maximum atomic E-state index is 12.5. The third kappa shape index (κ3) is 5.11. The first kappa shape index (κ1) is 21.2. The van der Waals surface area contributed by atoms with Crippen LogP contribution in [0.1, 0.15) is 31.3 Å². The van der Waals surface area contributed by atoms with E-state index in [2.05, 4.69) is 31.4 Å². The second kappa shape index (κ2) is 8.89. The van der Waals surface area contributed by atoms with E-state index in [9.17, 15) is 4.79 Å². The van der Waals surface area contributed by atoms with Crippen molar-refractivity contribution in [1.29, 1.82) is 0 Å². The van der Waals surface area contributed by atoms with Crippen LogP contribution in [0.3, 0.4) is 0 Å². The molecule has 2 heterocycles. The van der Waals surface area contributed by atoms with Crippen molar-refractivity contribution >= 4 is 27.5 Å². The van der Waals surface area contributed by atoms with Crippen molar-refractivity contribution < 1.29 is 14.3 Å². The normalized spacial score (nSPS) is 12.7. The zero-order chi connectivity index (χ0) is 21.0. The Kier molecular flexibility index (Phi) is 6.51. The molecule has 0 aliphatic rings. The Morgan fingerprint density at radius 3 is 2.69 bits per heavy atom. The van der Waals surface area contributed by atoms with Gasteiger partial charge in [0, 0.05) is 10.7 Å². The molecule has 0 saturated heterocycles. The molecule has 0 spiro atoms. The number of fused-ring (bicyclic) bond motifs is 1. The quantitative estimate of drug-likeness (QED) is 0.534. The second-order valence-electron chi connectivity index (χ2n) is 7.23. The number of ether oxygens (including phenoxy) is 2. The summed E-state index contributed by atoms with van der Waals surface area (Å²) in [6, 6.07) is 11.0. The lowest BCUT2D eigenvalue weighted by Gasteiger charge is -2.23. The van der Waals surface area contributed by atoms with E-state index in [1.807, 2.05) is 36.5 Å². The van der Waals surface area contributed by atoms with E-state index >= 15 is 0 Å². The summed E-state index contributed by atoms with van der Waals surface area (Å²) >= 11 is 3.46. The summed E-state index contributed by atoms with van der Waals surface area (Å²) in [5.74, 6) is 0.766. The Morgan fingerprint density at radius 1 is 1.31 bits per heavy atom. The Balaban J connectivity index is 1.89. The Labute approximate surface area is 177 Å². The molecule has 3 aromatic rings. The van der Waals surface area contributed by atoms with Crippen LogP contribution in [0.15, 0.2) is 47.1 Å². The number of rotatable bonds is 8.